The zero-order valence-electron chi connectivity index (χ0n) is 16.8. The van der Waals surface area contributed by atoms with Crippen molar-refractivity contribution in [1.82, 2.24) is 15.5 Å². The molecule has 27 heavy (non-hydrogen) atoms. The number of aliphatic imine (C=N–C) groups is 1. The van der Waals surface area contributed by atoms with Crippen LogP contribution in [0.2, 0.25) is 0 Å². The number of fused-ring (bicyclic) bond motifs is 1. The van der Waals surface area contributed by atoms with Crippen molar-refractivity contribution in [2.75, 3.05) is 33.4 Å². The van der Waals surface area contributed by atoms with Crippen molar-refractivity contribution in [2.24, 2.45) is 10.9 Å². The fourth-order valence-electron chi connectivity index (χ4n) is 3.49. The van der Waals surface area contributed by atoms with Gasteiger partial charge in [0.2, 0.25) is 0 Å². The van der Waals surface area contributed by atoms with E-state index < -0.39 is 0 Å². The fraction of sp³-hybridized carbons (Fsp3) is 0.650. The molecule has 2 aliphatic rings. The first-order chi connectivity index (χ1) is 12.6. The summed E-state index contributed by atoms with van der Waals surface area (Å²) in [6.07, 6.45) is 0.922. The van der Waals surface area contributed by atoms with E-state index in [0.29, 0.717) is 37.8 Å². The molecule has 2 unspecified atom stereocenters. The van der Waals surface area contributed by atoms with Gasteiger partial charge in [0.1, 0.15) is 0 Å². The molecule has 0 radical (unpaired) electrons. The van der Waals surface area contributed by atoms with Crippen LogP contribution in [0.5, 0.6) is 11.5 Å². The van der Waals surface area contributed by atoms with Crippen LogP contribution in [0.15, 0.2) is 23.2 Å². The van der Waals surface area contributed by atoms with Crippen molar-refractivity contribution in [3.63, 3.8) is 0 Å². The number of benzene rings is 1. The lowest BCUT2D eigenvalue weighted by atomic mass is 10.1. The van der Waals surface area contributed by atoms with Gasteiger partial charge in [-0.15, -0.1) is 24.0 Å². The van der Waals surface area contributed by atoms with Gasteiger partial charge in [-0.25, -0.2) is 0 Å². The molecule has 2 atom stereocenters. The van der Waals surface area contributed by atoms with Gasteiger partial charge in [0.15, 0.2) is 17.5 Å². The second-order valence-corrected chi connectivity index (χ2v) is 7.53. The molecular formula is C20H33IN4O2. The second-order valence-electron chi connectivity index (χ2n) is 7.53. The first kappa shape index (κ1) is 22.1. The molecule has 0 aromatic heterocycles. The maximum atomic E-state index is 5.77. The Labute approximate surface area is 180 Å². The number of hydrogen-bond donors (Lipinski definition) is 2. The molecule has 0 aliphatic carbocycles. The molecule has 7 heteroatoms. The maximum absolute atomic E-state index is 5.77. The second kappa shape index (κ2) is 10.4. The summed E-state index contributed by atoms with van der Waals surface area (Å²) in [6.45, 7) is 11.1. The van der Waals surface area contributed by atoms with Gasteiger partial charge in [-0.3, -0.25) is 9.89 Å². The molecule has 6 nitrogen and oxygen atoms in total. The van der Waals surface area contributed by atoms with Crippen LogP contribution in [0.4, 0.5) is 0 Å². The number of ether oxygens (including phenoxy) is 2. The van der Waals surface area contributed by atoms with Gasteiger partial charge in [-0.2, -0.15) is 0 Å². The van der Waals surface area contributed by atoms with Gasteiger partial charge in [-0.1, -0.05) is 13.0 Å². The molecule has 2 heterocycles. The monoisotopic (exact) mass is 488 g/mol. The highest BCUT2D eigenvalue weighted by atomic mass is 127. The predicted octanol–water partition coefficient (Wildman–Crippen LogP) is 2.86. The summed E-state index contributed by atoms with van der Waals surface area (Å²) in [5.74, 6) is 3.12. The molecule has 2 N–H and O–H groups in total. The summed E-state index contributed by atoms with van der Waals surface area (Å²) in [4.78, 5) is 6.91. The molecule has 152 valence electrons. The number of rotatable bonds is 4. The summed E-state index contributed by atoms with van der Waals surface area (Å²) in [5, 5.41) is 7.01. The maximum Gasteiger partial charge on any atom is 0.191 e. The Kier molecular flexibility index (Phi) is 8.47. The molecule has 0 spiro atoms. The van der Waals surface area contributed by atoms with Gasteiger partial charge < -0.3 is 20.1 Å². The predicted molar refractivity (Wildman–Crippen MR) is 120 cm³/mol. The lowest BCUT2D eigenvalue weighted by molar-refractivity contribution is 0.265. The van der Waals surface area contributed by atoms with E-state index in [1.165, 1.54) is 0 Å². The molecule has 3 rings (SSSR count). The molecule has 2 aliphatic heterocycles. The average molecular weight is 488 g/mol. The number of guanidine groups is 1. The van der Waals surface area contributed by atoms with E-state index in [2.05, 4.69) is 53.4 Å². The zero-order valence-corrected chi connectivity index (χ0v) is 19.2. The molecule has 1 aromatic carbocycles. The molecular weight excluding hydrogens is 455 g/mol. The van der Waals surface area contributed by atoms with E-state index >= 15 is 0 Å². The van der Waals surface area contributed by atoms with Crippen LogP contribution in [0.25, 0.3) is 0 Å². The normalized spacial score (nSPS) is 22.9. The van der Waals surface area contributed by atoms with Crippen LogP contribution in [0.1, 0.15) is 32.8 Å². The van der Waals surface area contributed by atoms with Gasteiger partial charge in [0.05, 0.1) is 13.2 Å². The quantitative estimate of drug-likeness (QED) is 0.388. The molecule has 1 fully saturated rings. The van der Waals surface area contributed by atoms with Crippen LogP contribution in [0.3, 0.4) is 0 Å². The van der Waals surface area contributed by atoms with Crippen LogP contribution in [-0.4, -0.2) is 56.3 Å². The molecule has 0 amide bonds. The van der Waals surface area contributed by atoms with Crippen LogP contribution >= 0.6 is 24.0 Å². The third-order valence-corrected chi connectivity index (χ3v) is 5.19. The van der Waals surface area contributed by atoms with E-state index in [-0.39, 0.29) is 24.0 Å². The van der Waals surface area contributed by atoms with Crippen LogP contribution in [-0.2, 0) is 6.54 Å². The van der Waals surface area contributed by atoms with E-state index in [1.54, 1.807) is 0 Å². The summed E-state index contributed by atoms with van der Waals surface area (Å²) < 4.78 is 11.5. The van der Waals surface area contributed by atoms with Gasteiger partial charge >= 0.3 is 0 Å². The van der Waals surface area contributed by atoms with Crippen molar-refractivity contribution >= 4 is 29.9 Å². The Hall–Kier alpha value is -1.22. The van der Waals surface area contributed by atoms with Crippen molar-refractivity contribution in [2.45, 2.75) is 45.8 Å². The van der Waals surface area contributed by atoms with Gasteiger partial charge in [0.25, 0.3) is 0 Å². The summed E-state index contributed by atoms with van der Waals surface area (Å²) in [7, 11) is 1.82. The Morgan fingerprint density at radius 1 is 1.22 bits per heavy atom. The van der Waals surface area contributed by atoms with Crippen LogP contribution < -0.4 is 20.1 Å². The Morgan fingerprint density at radius 3 is 2.63 bits per heavy atom. The van der Waals surface area contributed by atoms with Crippen LogP contribution in [0, 0.1) is 5.92 Å². The number of nitrogens with one attached hydrogen (secondary N) is 2. The first-order valence-electron chi connectivity index (χ1n) is 9.66. The molecule has 1 saturated heterocycles. The third kappa shape index (κ3) is 5.88. The minimum atomic E-state index is 0. The van der Waals surface area contributed by atoms with E-state index in [1.807, 2.05) is 13.1 Å². The number of hydrogen-bond acceptors (Lipinski definition) is 4. The summed E-state index contributed by atoms with van der Waals surface area (Å²) in [5.41, 5.74) is 1.15. The molecule has 1 aromatic rings. The highest BCUT2D eigenvalue weighted by Gasteiger charge is 2.31. The first-order valence-corrected chi connectivity index (χ1v) is 9.66. The largest absolute Gasteiger partial charge is 0.490 e. The number of likely N-dealkylation sites (tertiary alicyclic amines) is 1. The number of nitrogens with zero attached hydrogens (tertiary/aromatic N) is 2. The van der Waals surface area contributed by atoms with Crippen molar-refractivity contribution in [3.8, 4) is 11.5 Å². The zero-order chi connectivity index (χ0) is 18.5. The SMILES string of the molecule is CN=C(NCc1ccc2c(c1)OCCCO2)NC1CN(C(C)C)CC1C.I. The lowest BCUT2D eigenvalue weighted by Gasteiger charge is -2.22. The standard InChI is InChI=1S/C20H32N4O2.HI/c1-14(2)24-12-15(3)17(13-24)23-20(21-4)22-11-16-6-7-18-19(10-16)26-9-5-8-25-18;/h6-7,10,14-15,17H,5,8-9,11-13H2,1-4H3,(H2,21,22,23);1H. The van der Waals surface area contributed by atoms with Gasteiger partial charge in [0, 0.05) is 45.2 Å². The van der Waals surface area contributed by atoms with E-state index in [9.17, 15) is 0 Å². The third-order valence-electron chi connectivity index (χ3n) is 5.19. The molecule has 0 saturated carbocycles. The number of halogens is 1. The van der Waals surface area contributed by atoms with Crippen molar-refractivity contribution < 1.29 is 9.47 Å². The lowest BCUT2D eigenvalue weighted by Crippen LogP contribution is -2.46. The average Bonchev–Trinajstić information content (AvgIpc) is 2.85. The minimum absolute atomic E-state index is 0. The topological polar surface area (TPSA) is 58.1 Å². The molecule has 0 bridgehead atoms. The highest BCUT2D eigenvalue weighted by molar-refractivity contribution is 14.0. The summed E-state index contributed by atoms with van der Waals surface area (Å²) in [6, 6.07) is 7.13. The van der Waals surface area contributed by atoms with E-state index in [4.69, 9.17) is 9.47 Å². The smallest absolute Gasteiger partial charge is 0.191 e. The summed E-state index contributed by atoms with van der Waals surface area (Å²) >= 11 is 0. The minimum Gasteiger partial charge on any atom is -0.490 e. The fourth-order valence-corrected chi connectivity index (χ4v) is 3.49. The Bertz CT molecular complexity index is 638. The van der Waals surface area contributed by atoms with Crippen molar-refractivity contribution in [1.29, 1.82) is 0 Å². The highest BCUT2D eigenvalue weighted by Crippen LogP contribution is 2.30. The Morgan fingerprint density at radius 2 is 1.96 bits per heavy atom. The Balaban J connectivity index is 0.00000261. The van der Waals surface area contributed by atoms with Gasteiger partial charge in [-0.05, 0) is 37.5 Å². The van der Waals surface area contributed by atoms with Crippen molar-refractivity contribution in [3.05, 3.63) is 23.8 Å². The van der Waals surface area contributed by atoms with E-state index in [0.717, 1.165) is 42.5 Å².